The number of piperidine rings is 1. The summed E-state index contributed by atoms with van der Waals surface area (Å²) in [4.78, 5) is 23.7. The van der Waals surface area contributed by atoms with Crippen molar-refractivity contribution in [3.63, 3.8) is 0 Å². The number of hydrogen-bond donors (Lipinski definition) is 2. The maximum atomic E-state index is 13.1. The minimum absolute atomic E-state index is 0.00789. The summed E-state index contributed by atoms with van der Waals surface area (Å²) in [6.45, 7) is 1.79. The second-order valence-corrected chi connectivity index (χ2v) is 8.84. The van der Waals surface area contributed by atoms with Crippen molar-refractivity contribution in [2.24, 2.45) is 5.92 Å². The molecule has 1 aliphatic rings. The summed E-state index contributed by atoms with van der Waals surface area (Å²) in [5.74, 6) is -1.46. The molecule has 1 heterocycles. The molecule has 2 N–H and O–H groups in total. The maximum Gasteiger partial charge on any atom is 0.243 e. The number of nitrogens with one attached hydrogen (secondary N) is 2. The van der Waals surface area contributed by atoms with Gasteiger partial charge in [0.25, 0.3) is 0 Å². The Labute approximate surface area is 169 Å². The highest BCUT2D eigenvalue weighted by atomic mass is 32.2. The third kappa shape index (κ3) is 5.18. The van der Waals surface area contributed by atoms with Crippen LogP contribution in [0.25, 0.3) is 0 Å². The molecule has 0 spiro atoms. The molecule has 1 aliphatic heterocycles. The van der Waals surface area contributed by atoms with Gasteiger partial charge in [0.1, 0.15) is 5.82 Å². The lowest BCUT2D eigenvalue weighted by molar-refractivity contribution is -0.121. The molecule has 29 heavy (non-hydrogen) atoms. The topological polar surface area (TPSA) is 95.6 Å². The van der Waals surface area contributed by atoms with Gasteiger partial charge in [0.05, 0.1) is 10.8 Å². The molecule has 0 unspecified atom stereocenters. The highest BCUT2D eigenvalue weighted by molar-refractivity contribution is 7.89. The van der Waals surface area contributed by atoms with E-state index in [4.69, 9.17) is 0 Å². The number of carbonyl (C=O) groups excluding carboxylic acids is 2. The number of nitrogens with zero attached hydrogens (tertiary/aromatic N) is 1. The first-order valence-corrected chi connectivity index (χ1v) is 10.6. The number of sulfonamides is 1. The fourth-order valence-electron chi connectivity index (χ4n) is 3.21. The SMILES string of the molecule is CC(=O)Nc1ccc(NC(=O)[C@H]2CCCN(S(=O)(=O)c3ccc(F)cc3)C2)cc1. The Morgan fingerprint density at radius 1 is 1.00 bits per heavy atom. The minimum atomic E-state index is -3.79. The van der Waals surface area contributed by atoms with Crippen molar-refractivity contribution in [3.8, 4) is 0 Å². The summed E-state index contributed by atoms with van der Waals surface area (Å²) >= 11 is 0. The van der Waals surface area contributed by atoms with Gasteiger partial charge in [-0.25, -0.2) is 12.8 Å². The van der Waals surface area contributed by atoms with Gasteiger partial charge in [-0.05, 0) is 61.4 Å². The van der Waals surface area contributed by atoms with Crippen LogP contribution in [0.15, 0.2) is 53.4 Å². The average Bonchev–Trinajstić information content (AvgIpc) is 2.69. The zero-order chi connectivity index (χ0) is 21.0. The highest BCUT2D eigenvalue weighted by Crippen LogP contribution is 2.25. The van der Waals surface area contributed by atoms with Crippen molar-refractivity contribution in [2.75, 3.05) is 23.7 Å². The molecule has 7 nitrogen and oxygen atoms in total. The lowest BCUT2D eigenvalue weighted by atomic mass is 9.98. The first kappa shape index (κ1) is 20.9. The summed E-state index contributed by atoms with van der Waals surface area (Å²) in [5.41, 5.74) is 1.17. The lowest BCUT2D eigenvalue weighted by Crippen LogP contribution is -2.43. The molecule has 1 atom stereocenters. The monoisotopic (exact) mass is 419 g/mol. The zero-order valence-electron chi connectivity index (χ0n) is 15.9. The van der Waals surface area contributed by atoms with E-state index in [-0.39, 0.29) is 23.3 Å². The van der Waals surface area contributed by atoms with Crippen LogP contribution in [0, 0.1) is 11.7 Å². The van der Waals surface area contributed by atoms with Crippen molar-refractivity contribution in [2.45, 2.75) is 24.7 Å². The van der Waals surface area contributed by atoms with E-state index in [0.717, 1.165) is 12.1 Å². The normalized spacial score (nSPS) is 17.5. The molecule has 0 saturated carbocycles. The summed E-state index contributed by atoms with van der Waals surface area (Å²) in [5, 5.41) is 5.43. The summed E-state index contributed by atoms with van der Waals surface area (Å²) in [6, 6.07) is 11.3. The molecule has 0 aromatic heterocycles. The number of rotatable bonds is 5. The van der Waals surface area contributed by atoms with Crippen molar-refractivity contribution >= 4 is 33.2 Å². The average molecular weight is 419 g/mol. The number of carbonyl (C=O) groups is 2. The highest BCUT2D eigenvalue weighted by Gasteiger charge is 2.33. The second-order valence-electron chi connectivity index (χ2n) is 6.90. The van der Waals surface area contributed by atoms with Crippen LogP contribution < -0.4 is 10.6 Å². The van der Waals surface area contributed by atoms with Gasteiger partial charge in [-0.1, -0.05) is 0 Å². The van der Waals surface area contributed by atoms with Crippen LogP contribution in [0.2, 0.25) is 0 Å². The molecule has 0 bridgehead atoms. The fraction of sp³-hybridized carbons (Fsp3) is 0.300. The molecule has 1 saturated heterocycles. The summed E-state index contributed by atoms with van der Waals surface area (Å²) in [7, 11) is -3.79. The molecule has 2 aromatic rings. The maximum absolute atomic E-state index is 13.1. The van der Waals surface area contributed by atoms with Crippen LogP contribution in [-0.4, -0.2) is 37.6 Å². The van der Waals surface area contributed by atoms with Crippen LogP contribution in [0.3, 0.4) is 0 Å². The largest absolute Gasteiger partial charge is 0.326 e. The Bertz CT molecular complexity index is 991. The van der Waals surface area contributed by atoms with Crippen LogP contribution in [-0.2, 0) is 19.6 Å². The molecule has 0 radical (unpaired) electrons. The number of hydrogen-bond acceptors (Lipinski definition) is 4. The summed E-state index contributed by atoms with van der Waals surface area (Å²) < 4.78 is 39.9. The van der Waals surface area contributed by atoms with Crippen LogP contribution in [0.5, 0.6) is 0 Å². The van der Waals surface area contributed by atoms with Gasteiger partial charge < -0.3 is 10.6 Å². The van der Waals surface area contributed by atoms with Crippen molar-refractivity contribution in [1.29, 1.82) is 0 Å². The molecule has 1 fully saturated rings. The smallest absolute Gasteiger partial charge is 0.243 e. The fourth-order valence-corrected chi connectivity index (χ4v) is 4.74. The van der Waals surface area contributed by atoms with Crippen LogP contribution >= 0.6 is 0 Å². The van der Waals surface area contributed by atoms with E-state index in [2.05, 4.69) is 10.6 Å². The molecular formula is C20H22FN3O4S. The molecule has 2 aromatic carbocycles. The Kier molecular flexibility index (Phi) is 6.29. The first-order chi connectivity index (χ1) is 13.8. The molecule has 3 rings (SSSR count). The van der Waals surface area contributed by atoms with Crippen molar-refractivity contribution in [1.82, 2.24) is 4.31 Å². The van der Waals surface area contributed by atoms with Crippen LogP contribution in [0.1, 0.15) is 19.8 Å². The molecule has 2 amide bonds. The van der Waals surface area contributed by atoms with E-state index in [0.29, 0.717) is 30.8 Å². The second kappa shape index (κ2) is 8.71. The molecule has 0 aliphatic carbocycles. The number of amides is 2. The van der Waals surface area contributed by atoms with E-state index < -0.39 is 21.8 Å². The molecule has 9 heteroatoms. The quantitative estimate of drug-likeness (QED) is 0.779. The lowest BCUT2D eigenvalue weighted by Gasteiger charge is -2.31. The third-order valence-electron chi connectivity index (χ3n) is 4.68. The number of anilines is 2. The van der Waals surface area contributed by atoms with Gasteiger partial charge in [-0.15, -0.1) is 0 Å². The van der Waals surface area contributed by atoms with Gasteiger partial charge in [-0.3, -0.25) is 9.59 Å². The van der Waals surface area contributed by atoms with E-state index in [1.807, 2.05) is 0 Å². The van der Waals surface area contributed by atoms with E-state index in [1.165, 1.54) is 23.4 Å². The van der Waals surface area contributed by atoms with Gasteiger partial charge in [0, 0.05) is 31.4 Å². The minimum Gasteiger partial charge on any atom is -0.326 e. The Hall–Kier alpha value is -2.78. The zero-order valence-corrected chi connectivity index (χ0v) is 16.7. The third-order valence-corrected chi connectivity index (χ3v) is 6.56. The van der Waals surface area contributed by atoms with Crippen LogP contribution in [0.4, 0.5) is 15.8 Å². The number of benzene rings is 2. The standard InChI is InChI=1S/C20H22FN3O4S/c1-14(25)22-17-6-8-18(9-7-17)23-20(26)15-3-2-12-24(13-15)29(27,28)19-10-4-16(21)5-11-19/h4-11,15H,2-3,12-13H2,1H3,(H,22,25)(H,23,26)/t15-/m0/s1. The Morgan fingerprint density at radius 2 is 1.59 bits per heavy atom. The van der Waals surface area contributed by atoms with E-state index in [9.17, 15) is 22.4 Å². The van der Waals surface area contributed by atoms with Gasteiger partial charge in [-0.2, -0.15) is 4.31 Å². The Balaban J connectivity index is 1.66. The van der Waals surface area contributed by atoms with Gasteiger partial charge in [0.15, 0.2) is 0 Å². The van der Waals surface area contributed by atoms with Gasteiger partial charge in [0.2, 0.25) is 21.8 Å². The predicted molar refractivity (Wildman–Crippen MR) is 107 cm³/mol. The van der Waals surface area contributed by atoms with Gasteiger partial charge >= 0.3 is 0 Å². The summed E-state index contributed by atoms with van der Waals surface area (Å²) in [6.07, 6.45) is 1.13. The van der Waals surface area contributed by atoms with Crippen molar-refractivity contribution in [3.05, 3.63) is 54.3 Å². The van der Waals surface area contributed by atoms with E-state index >= 15 is 0 Å². The predicted octanol–water partition coefficient (Wildman–Crippen LogP) is 2.82. The molecular weight excluding hydrogens is 397 g/mol. The van der Waals surface area contributed by atoms with E-state index in [1.54, 1.807) is 24.3 Å². The number of halogens is 1. The first-order valence-electron chi connectivity index (χ1n) is 9.20. The van der Waals surface area contributed by atoms with Crippen molar-refractivity contribution < 1.29 is 22.4 Å². The molecule has 154 valence electrons. The Morgan fingerprint density at radius 3 is 2.17 bits per heavy atom.